The van der Waals surface area contributed by atoms with Crippen molar-refractivity contribution in [1.29, 1.82) is 0 Å². The predicted octanol–water partition coefficient (Wildman–Crippen LogP) is 1.63. The van der Waals surface area contributed by atoms with Gasteiger partial charge in [0.05, 0.1) is 5.69 Å². The van der Waals surface area contributed by atoms with Crippen LogP contribution in [0.2, 0.25) is 0 Å². The van der Waals surface area contributed by atoms with Crippen LogP contribution in [0.1, 0.15) is 55.8 Å². The van der Waals surface area contributed by atoms with Crippen LogP contribution in [0, 0.1) is 0 Å². The number of rotatable bonds is 1. The van der Waals surface area contributed by atoms with Crippen LogP contribution in [0.5, 0.6) is 0 Å². The number of nitrogens with zero attached hydrogens (tertiary/aromatic N) is 2. The first kappa shape index (κ1) is 12.1. The van der Waals surface area contributed by atoms with Gasteiger partial charge in [-0.05, 0) is 39.7 Å². The van der Waals surface area contributed by atoms with Crippen LogP contribution in [0.25, 0.3) is 0 Å². The van der Waals surface area contributed by atoms with Crippen molar-refractivity contribution in [1.82, 2.24) is 9.78 Å². The molecule has 0 saturated heterocycles. The first-order chi connectivity index (χ1) is 7.87. The summed E-state index contributed by atoms with van der Waals surface area (Å²) in [6.45, 7) is 6.34. The first-order valence-electron chi connectivity index (χ1n) is 5.93. The molecule has 0 saturated carbocycles. The fourth-order valence-electron chi connectivity index (χ4n) is 1.95. The van der Waals surface area contributed by atoms with Gasteiger partial charge in [0.2, 0.25) is 0 Å². The topological polar surface area (TPSA) is 70.1 Å². The highest BCUT2D eigenvalue weighted by molar-refractivity contribution is 5.87. The van der Waals surface area contributed by atoms with Gasteiger partial charge in [0, 0.05) is 12.6 Å². The highest BCUT2D eigenvalue weighted by Gasteiger charge is 2.25. The van der Waals surface area contributed by atoms with E-state index in [0.717, 1.165) is 25.1 Å². The van der Waals surface area contributed by atoms with Crippen LogP contribution in [0.4, 0.5) is 0 Å². The van der Waals surface area contributed by atoms with Gasteiger partial charge in [0.1, 0.15) is 5.60 Å². The van der Waals surface area contributed by atoms with Gasteiger partial charge in [-0.3, -0.25) is 4.68 Å². The van der Waals surface area contributed by atoms with Crippen molar-refractivity contribution in [2.24, 2.45) is 5.73 Å². The van der Waals surface area contributed by atoms with Gasteiger partial charge in [0.15, 0.2) is 5.69 Å². The molecule has 17 heavy (non-hydrogen) atoms. The number of hydrogen-bond donors (Lipinski definition) is 1. The van der Waals surface area contributed by atoms with Crippen LogP contribution in [-0.2, 0) is 11.3 Å². The highest BCUT2D eigenvalue weighted by atomic mass is 16.6. The number of aromatic nitrogens is 2. The number of aryl methyl sites for hydroxylation is 1. The molecule has 0 bridgehead atoms. The van der Waals surface area contributed by atoms with Gasteiger partial charge in [-0.15, -0.1) is 0 Å². The second-order valence-electron chi connectivity index (χ2n) is 5.43. The maximum atomic E-state index is 11.8. The summed E-state index contributed by atoms with van der Waals surface area (Å²) < 4.78 is 7.09. The van der Waals surface area contributed by atoms with Crippen molar-refractivity contribution in [2.45, 2.75) is 51.8 Å². The zero-order valence-electron chi connectivity index (χ0n) is 10.6. The molecule has 1 aromatic rings. The molecule has 0 spiro atoms. The Kier molecular flexibility index (Phi) is 2.95. The van der Waals surface area contributed by atoms with E-state index in [1.807, 2.05) is 25.5 Å². The molecule has 0 amide bonds. The summed E-state index contributed by atoms with van der Waals surface area (Å²) in [4.78, 5) is 11.8. The van der Waals surface area contributed by atoms with Crippen LogP contribution in [0.15, 0.2) is 6.07 Å². The quantitative estimate of drug-likeness (QED) is 0.754. The van der Waals surface area contributed by atoms with Crippen molar-refractivity contribution >= 4 is 5.97 Å². The van der Waals surface area contributed by atoms with E-state index < -0.39 is 5.60 Å². The summed E-state index contributed by atoms with van der Waals surface area (Å²) in [6, 6.07) is 1.73. The maximum absolute atomic E-state index is 11.8. The van der Waals surface area contributed by atoms with E-state index >= 15 is 0 Å². The molecule has 0 aromatic carbocycles. The summed E-state index contributed by atoms with van der Waals surface area (Å²) in [5.41, 5.74) is 6.76. The molecule has 0 aliphatic carbocycles. The van der Waals surface area contributed by atoms with Crippen molar-refractivity contribution in [2.75, 3.05) is 0 Å². The molecule has 1 aromatic heterocycles. The third kappa shape index (κ3) is 2.66. The highest BCUT2D eigenvalue weighted by Crippen LogP contribution is 2.23. The van der Waals surface area contributed by atoms with Crippen LogP contribution < -0.4 is 5.73 Å². The van der Waals surface area contributed by atoms with Gasteiger partial charge >= 0.3 is 5.97 Å². The Morgan fingerprint density at radius 1 is 1.59 bits per heavy atom. The molecule has 1 atom stereocenters. The third-order valence-corrected chi connectivity index (χ3v) is 2.68. The Morgan fingerprint density at radius 3 is 2.88 bits per heavy atom. The molecular formula is C12H19N3O2. The molecule has 1 aliphatic heterocycles. The largest absolute Gasteiger partial charge is 0.455 e. The Morgan fingerprint density at radius 2 is 2.29 bits per heavy atom. The van der Waals surface area contributed by atoms with E-state index in [-0.39, 0.29) is 12.0 Å². The SMILES string of the molecule is CC(C)(C)OC(=O)c1cc2n(n1)CCCC2N. The number of nitrogens with two attached hydrogens (primary N) is 1. The molecular weight excluding hydrogens is 218 g/mol. The molecule has 0 radical (unpaired) electrons. The lowest BCUT2D eigenvalue weighted by Gasteiger charge is -2.19. The van der Waals surface area contributed by atoms with Crippen molar-refractivity contribution in [3.8, 4) is 0 Å². The molecule has 2 N–H and O–H groups in total. The maximum Gasteiger partial charge on any atom is 0.359 e. The smallest absolute Gasteiger partial charge is 0.359 e. The van der Waals surface area contributed by atoms with Crippen molar-refractivity contribution < 1.29 is 9.53 Å². The molecule has 2 heterocycles. The minimum absolute atomic E-state index is 0.0209. The zero-order chi connectivity index (χ0) is 12.6. The number of carbonyl (C=O) groups is 1. The van der Waals surface area contributed by atoms with E-state index in [2.05, 4.69) is 5.10 Å². The summed E-state index contributed by atoms with van der Waals surface area (Å²) in [6.07, 6.45) is 1.95. The second-order valence-corrected chi connectivity index (χ2v) is 5.43. The van der Waals surface area contributed by atoms with Gasteiger partial charge in [-0.2, -0.15) is 5.10 Å². The minimum Gasteiger partial charge on any atom is -0.455 e. The fraction of sp³-hybridized carbons (Fsp3) is 0.667. The van der Waals surface area contributed by atoms with E-state index in [1.165, 1.54) is 0 Å². The van der Waals surface area contributed by atoms with Crippen LogP contribution in [-0.4, -0.2) is 21.4 Å². The fourth-order valence-corrected chi connectivity index (χ4v) is 1.95. The van der Waals surface area contributed by atoms with Crippen LogP contribution in [0.3, 0.4) is 0 Å². The summed E-state index contributed by atoms with van der Waals surface area (Å²) in [5.74, 6) is -0.383. The normalized spacial score (nSPS) is 19.9. The zero-order valence-corrected chi connectivity index (χ0v) is 10.6. The van der Waals surface area contributed by atoms with Gasteiger partial charge in [-0.25, -0.2) is 4.79 Å². The van der Waals surface area contributed by atoms with Gasteiger partial charge in [-0.1, -0.05) is 0 Å². The lowest BCUT2D eigenvalue weighted by molar-refractivity contribution is 0.00619. The molecule has 1 unspecified atom stereocenters. The van der Waals surface area contributed by atoms with Gasteiger partial charge in [0.25, 0.3) is 0 Å². The van der Waals surface area contributed by atoms with E-state index in [0.29, 0.717) is 5.69 Å². The minimum atomic E-state index is -0.497. The molecule has 0 fully saturated rings. The van der Waals surface area contributed by atoms with E-state index in [4.69, 9.17) is 10.5 Å². The number of esters is 1. The Bertz CT molecular complexity index is 431. The predicted molar refractivity (Wildman–Crippen MR) is 63.6 cm³/mol. The molecule has 94 valence electrons. The van der Waals surface area contributed by atoms with Gasteiger partial charge < -0.3 is 10.5 Å². The molecule has 2 rings (SSSR count). The lowest BCUT2D eigenvalue weighted by Crippen LogP contribution is -2.24. The van der Waals surface area contributed by atoms with Crippen LogP contribution >= 0.6 is 0 Å². The average Bonchev–Trinajstić information content (AvgIpc) is 2.60. The summed E-state index contributed by atoms with van der Waals surface area (Å²) >= 11 is 0. The first-order valence-corrected chi connectivity index (χ1v) is 5.93. The van der Waals surface area contributed by atoms with Crippen molar-refractivity contribution in [3.63, 3.8) is 0 Å². The summed E-state index contributed by atoms with van der Waals surface area (Å²) in [7, 11) is 0. The van der Waals surface area contributed by atoms with E-state index in [9.17, 15) is 4.79 Å². The summed E-state index contributed by atoms with van der Waals surface area (Å²) in [5, 5.41) is 4.25. The number of carbonyl (C=O) groups excluding carboxylic acids is 1. The van der Waals surface area contributed by atoms with E-state index in [1.54, 1.807) is 6.07 Å². The molecule has 5 heteroatoms. The Labute approximate surface area is 101 Å². The molecule has 1 aliphatic rings. The lowest BCUT2D eigenvalue weighted by atomic mass is 10.1. The van der Waals surface area contributed by atoms with Crippen molar-refractivity contribution in [3.05, 3.63) is 17.5 Å². The average molecular weight is 237 g/mol. The molecule has 5 nitrogen and oxygen atoms in total. The second kappa shape index (κ2) is 4.14. The third-order valence-electron chi connectivity index (χ3n) is 2.68. The number of fused-ring (bicyclic) bond motifs is 1. The number of ether oxygens (including phenoxy) is 1. The monoisotopic (exact) mass is 237 g/mol. The Hall–Kier alpha value is -1.36. The number of hydrogen-bond acceptors (Lipinski definition) is 4. The Balaban J connectivity index is 2.20. The standard InChI is InChI=1S/C12H19N3O2/c1-12(2,3)17-11(16)9-7-10-8(13)5-4-6-15(10)14-9/h7-8H,4-6,13H2,1-3H3.